The first kappa shape index (κ1) is 19.2. The Hall–Kier alpha value is -2.15. The standard InChI is InChI=1S/C22H27N3O2S/c1-24(2)28(26,27)19-7-5-6-17(14-19)16-25-12-10-18(11-13-25)21-15-23-22-9-4-3-8-20(21)22/h3-9,14-15,18,23H,10-13,16H2,1-2H3. The first-order valence-corrected chi connectivity index (χ1v) is 11.2. The summed E-state index contributed by atoms with van der Waals surface area (Å²) in [6.07, 6.45) is 4.41. The highest BCUT2D eigenvalue weighted by Gasteiger charge is 2.23. The number of aromatic amines is 1. The molecule has 0 amide bonds. The number of nitrogens with one attached hydrogen (secondary N) is 1. The van der Waals surface area contributed by atoms with Crippen molar-refractivity contribution < 1.29 is 8.42 Å². The second kappa shape index (κ2) is 7.70. The fourth-order valence-corrected chi connectivity index (χ4v) is 5.08. The average Bonchev–Trinajstić information content (AvgIpc) is 3.13. The largest absolute Gasteiger partial charge is 0.361 e. The Morgan fingerprint density at radius 1 is 1.07 bits per heavy atom. The molecular formula is C22H27N3O2S. The number of fused-ring (bicyclic) bond motifs is 1. The quantitative estimate of drug-likeness (QED) is 0.712. The minimum absolute atomic E-state index is 0.365. The number of aromatic nitrogens is 1. The summed E-state index contributed by atoms with van der Waals surface area (Å²) in [7, 11) is -0.254. The van der Waals surface area contributed by atoms with E-state index in [-0.39, 0.29) is 0 Å². The second-order valence-corrected chi connectivity index (χ2v) is 9.93. The fourth-order valence-electron chi connectivity index (χ4n) is 4.11. The number of nitrogens with zero attached hydrogens (tertiary/aromatic N) is 2. The molecule has 1 saturated heterocycles. The minimum atomic E-state index is -3.39. The van der Waals surface area contributed by atoms with Crippen molar-refractivity contribution in [3.05, 3.63) is 65.9 Å². The van der Waals surface area contributed by atoms with E-state index >= 15 is 0 Å². The molecule has 1 aromatic heterocycles. The summed E-state index contributed by atoms with van der Waals surface area (Å²) >= 11 is 0. The molecular weight excluding hydrogens is 370 g/mol. The molecule has 0 saturated carbocycles. The van der Waals surface area contributed by atoms with Crippen molar-refractivity contribution in [2.45, 2.75) is 30.2 Å². The second-order valence-electron chi connectivity index (χ2n) is 7.77. The molecule has 1 N–H and O–H groups in total. The van der Waals surface area contributed by atoms with Crippen LogP contribution in [0.25, 0.3) is 10.9 Å². The number of sulfonamides is 1. The van der Waals surface area contributed by atoms with Crippen molar-refractivity contribution in [3.8, 4) is 0 Å². The van der Waals surface area contributed by atoms with Crippen LogP contribution in [0.1, 0.15) is 29.9 Å². The zero-order valence-electron chi connectivity index (χ0n) is 16.4. The Balaban J connectivity index is 1.42. The molecule has 0 aliphatic carbocycles. The predicted molar refractivity (Wildman–Crippen MR) is 113 cm³/mol. The van der Waals surface area contributed by atoms with Crippen molar-refractivity contribution in [3.63, 3.8) is 0 Å². The van der Waals surface area contributed by atoms with Gasteiger partial charge in [0.1, 0.15) is 0 Å². The Morgan fingerprint density at radius 3 is 2.57 bits per heavy atom. The molecule has 4 rings (SSSR count). The van der Waals surface area contributed by atoms with E-state index in [1.165, 1.54) is 20.8 Å². The third kappa shape index (κ3) is 3.72. The van der Waals surface area contributed by atoms with Gasteiger partial charge >= 0.3 is 0 Å². The topological polar surface area (TPSA) is 56.4 Å². The Bertz CT molecular complexity index is 1060. The van der Waals surface area contributed by atoms with Gasteiger partial charge in [0.15, 0.2) is 0 Å². The highest BCUT2D eigenvalue weighted by atomic mass is 32.2. The van der Waals surface area contributed by atoms with Crippen molar-refractivity contribution in [1.29, 1.82) is 0 Å². The maximum absolute atomic E-state index is 12.4. The van der Waals surface area contributed by atoms with Gasteiger partial charge in [0.2, 0.25) is 10.0 Å². The summed E-state index contributed by atoms with van der Waals surface area (Å²) in [6.45, 7) is 2.83. The summed E-state index contributed by atoms with van der Waals surface area (Å²) in [5.41, 5.74) is 3.68. The molecule has 1 fully saturated rings. The van der Waals surface area contributed by atoms with Gasteiger partial charge in [-0.05, 0) is 61.2 Å². The molecule has 1 aliphatic rings. The molecule has 0 spiro atoms. The van der Waals surface area contributed by atoms with Crippen molar-refractivity contribution >= 4 is 20.9 Å². The van der Waals surface area contributed by atoms with E-state index in [0.717, 1.165) is 38.0 Å². The van der Waals surface area contributed by atoms with Gasteiger partial charge in [0, 0.05) is 37.7 Å². The van der Waals surface area contributed by atoms with Crippen LogP contribution in [0.4, 0.5) is 0 Å². The Labute approximate surface area is 167 Å². The van der Waals surface area contributed by atoms with Gasteiger partial charge in [0.25, 0.3) is 0 Å². The van der Waals surface area contributed by atoms with Crippen LogP contribution < -0.4 is 0 Å². The van der Waals surface area contributed by atoms with Crippen molar-refractivity contribution in [2.75, 3.05) is 27.2 Å². The number of benzene rings is 2. The summed E-state index contributed by atoms with van der Waals surface area (Å²) < 4.78 is 26.0. The minimum Gasteiger partial charge on any atom is -0.361 e. The number of piperidine rings is 1. The number of para-hydroxylation sites is 1. The van der Waals surface area contributed by atoms with E-state index in [0.29, 0.717) is 10.8 Å². The molecule has 3 aromatic rings. The summed E-state index contributed by atoms with van der Waals surface area (Å²) in [5.74, 6) is 0.577. The molecule has 0 atom stereocenters. The maximum Gasteiger partial charge on any atom is 0.242 e. The lowest BCUT2D eigenvalue weighted by atomic mass is 9.89. The molecule has 0 radical (unpaired) electrons. The van der Waals surface area contributed by atoms with Gasteiger partial charge in [-0.15, -0.1) is 0 Å². The smallest absolute Gasteiger partial charge is 0.242 e. The van der Waals surface area contributed by atoms with Crippen LogP contribution in [0.2, 0.25) is 0 Å². The predicted octanol–water partition coefficient (Wildman–Crippen LogP) is 3.80. The molecule has 28 heavy (non-hydrogen) atoms. The Morgan fingerprint density at radius 2 is 1.82 bits per heavy atom. The van der Waals surface area contributed by atoms with Crippen molar-refractivity contribution in [2.24, 2.45) is 0 Å². The first-order valence-electron chi connectivity index (χ1n) is 9.75. The third-order valence-electron chi connectivity index (χ3n) is 5.73. The van der Waals surface area contributed by atoms with E-state index < -0.39 is 10.0 Å². The lowest BCUT2D eigenvalue weighted by molar-refractivity contribution is 0.205. The number of likely N-dealkylation sites (tertiary alicyclic amines) is 1. The highest BCUT2D eigenvalue weighted by Crippen LogP contribution is 2.33. The zero-order chi connectivity index (χ0) is 19.7. The summed E-state index contributed by atoms with van der Waals surface area (Å²) in [5, 5.41) is 1.34. The van der Waals surface area contributed by atoms with Crippen LogP contribution in [-0.2, 0) is 16.6 Å². The van der Waals surface area contributed by atoms with E-state index in [1.807, 2.05) is 12.1 Å². The van der Waals surface area contributed by atoms with Gasteiger partial charge in [-0.25, -0.2) is 12.7 Å². The van der Waals surface area contributed by atoms with Crippen molar-refractivity contribution in [1.82, 2.24) is 14.2 Å². The van der Waals surface area contributed by atoms with Gasteiger partial charge in [-0.3, -0.25) is 4.90 Å². The van der Waals surface area contributed by atoms with Crippen LogP contribution in [0.15, 0.2) is 59.6 Å². The van der Waals surface area contributed by atoms with Crippen LogP contribution in [0.5, 0.6) is 0 Å². The molecule has 1 aliphatic heterocycles. The number of H-pyrrole nitrogens is 1. The average molecular weight is 398 g/mol. The normalized spacial score (nSPS) is 16.8. The SMILES string of the molecule is CN(C)S(=O)(=O)c1cccc(CN2CCC(c3c[nH]c4ccccc34)CC2)c1. The van der Waals surface area contributed by atoms with Crippen LogP contribution >= 0.6 is 0 Å². The van der Waals surface area contributed by atoms with Gasteiger partial charge in [-0.2, -0.15) is 0 Å². The van der Waals surface area contributed by atoms with Gasteiger partial charge in [0.05, 0.1) is 4.90 Å². The van der Waals surface area contributed by atoms with E-state index in [4.69, 9.17) is 0 Å². The van der Waals surface area contributed by atoms with E-state index in [1.54, 1.807) is 26.2 Å². The number of hydrogen-bond acceptors (Lipinski definition) is 3. The van der Waals surface area contributed by atoms with Crippen LogP contribution in [0, 0.1) is 0 Å². The van der Waals surface area contributed by atoms with Crippen LogP contribution in [-0.4, -0.2) is 49.8 Å². The molecule has 148 valence electrons. The zero-order valence-corrected chi connectivity index (χ0v) is 17.2. The molecule has 2 heterocycles. The fraction of sp³-hybridized carbons (Fsp3) is 0.364. The van der Waals surface area contributed by atoms with E-state index in [9.17, 15) is 8.42 Å². The first-order chi connectivity index (χ1) is 13.4. The lowest BCUT2D eigenvalue weighted by Crippen LogP contribution is -2.32. The maximum atomic E-state index is 12.4. The number of hydrogen-bond donors (Lipinski definition) is 1. The van der Waals surface area contributed by atoms with E-state index in [2.05, 4.69) is 40.3 Å². The van der Waals surface area contributed by atoms with Crippen LogP contribution in [0.3, 0.4) is 0 Å². The summed E-state index contributed by atoms with van der Waals surface area (Å²) in [4.78, 5) is 6.18. The van der Waals surface area contributed by atoms with Gasteiger partial charge < -0.3 is 4.98 Å². The molecule has 5 nitrogen and oxygen atoms in total. The summed E-state index contributed by atoms with van der Waals surface area (Å²) in [6, 6.07) is 15.8. The number of rotatable bonds is 5. The van der Waals surface area contributed by atoms with Gasteiger partial charge in [-0.1, -0.05) is 30.3 Å². The third-order valence-corrected chi connectivity index (χ3v) is 7.54. The highest BCUT2D eigenvalue weighted by molar-refractivity contribution is 7.89. The lowest BCUT2D eigenvalue weighted by Gasteiger charge is -2.32. The molecule has 0 bridgehead atoms. The monoisotopic (exact) mass is 397 g/mol. The Kier molecular flexibility index (Phi) is 5.27. The molecule has 2 aromatic carbocycles. The molecule has 6 heteroatoms. The molecule has 0 unspecified atom stereocenters.